The van der Waals surface area contributed by atoms with Crippen LogP contribution in [0.1, 0.15) is 23.3 Å². The van der Waals surface area contributed by atoms with Gasteiger partial charge < -0.3 is 20.7 Å². The van der Waals surface area contributed by atoms with Crippen LogP contribution < -0.4 is 16.0 Å². The third kappa shape index (κ3) is 3.80. The van der Waals surface area contributed by atoms with Crippen molar-refractivity contribution in [3.05, 3.63) is 10.4 Å². The van der Waals surface area contributed by atoms with Crippen LogP contribution in [0.25, 0.3) is 10.2 Å². The summed E-state index contributed by atoms with van der Waals surface area (Å²) in [5.41, 5.74) is 7.54. The number of amides is 1. The molecule has 7 nitrogen and oxygen atoms in total. The molecule has 1 amide bonds. The lowest BCUT2D eigenvalue weighted by atomic mass is 10.1. The summed E-state index contributed by atoms with van der Waals surface area (Å²) in [7, 11) is 2.21. The van der Waals surface area contributed by atoms with Crippen LogP contribution in [0.5, 0.6) is 0 Å². The van der Waals surface area contributed by atoms with Crippen LogP contribution in [0.15, 0.2) is 5.16 Å². The van der Waals surface area contributed by atoms with Crippen LogP contribution in [0.2, 0.25) is 0 Å². The van der Waals surface area contributed by atoms with Gasteiger partial charge in [-0.3, -0.25) is 4.79 Å². The molecular formula is C17H24N5O2S2+. The first-order chi connectivity index (χ1) is 12.6. The van der Waals surface area contributed by atoms with Gasteiger partial charge in [-0.2, -0.15) is 0 Å². The van der Waals surface area contributed by atoms with E-state index < -0.39 is 0 Å². The second kappa shape index (κ2) is 7.67. The normalized spacial score (nSPS) is 22.5. The van der Waals surface area contributed by atoms with E-state index in [9.17, 15) is 4.79 Å². The first kappa shape index (κ1) is 18.0. The van der Waals surface area contributed by atoms with Crippen LogP contribution in [0, 0.1) is 0 Å². The highest BCUT2D eigenvalue weighted by Crippen LogP contribution is 2.35. The zero-order chi connectivity index (χ0) is 18.1. The number of hydrogen-bond donors (Lipinski definition) is 3. The lowest BCUT2D eigenvalue weighted by Gasteiger charge is -2.19. The highest BCUT2D eigenvalue weighted by molar-refractivity contribution is 7.99. The van der Waals surface area contributed by atoms with E-state index in [1.54, 1.807) is 11.3 Å². The molecule has 2 atom stereocenters. The number of likely N-dealkylation sites (N-methyl/N-ethyl adjacent to an activating group) is 1. The Bertz CT molecular complexity index is 819. The quantitative estimate of drug-likeness (QED) is 0.497. The molecule has 140 valence electrons. The predicted octanol–water partition coefficient (Wildman–Crippen LogP) is 0.232. The number of rotatable bonds is 5. The Morgan fingerprint density at radius 2 is 2.38 bits per heavy atom. The Kier molecular flexibility index (Phi) is 5.30. The number of thioether (sulfide) groups is 1. The third-order valence-corrected chi connectivity index (χ3v) is 6.86. The fourth-order valence-electron chi connectivity index (χ4n) is 3.50. The summed E-state index contributed by atoms with van der Waals surface area (Å²) in [5, 5.41) is 4.51. The smallest absolute Gasteiger partial charge is 0.230 e. The molecule has 0 spiro atoms. The molecule has 0 radical (unpaired) electrons. The number of ether oxygens (including phenoxy) is 1. The van der Waals surface area contributed by atoms with Gasteiger partial charge in [-0.05, 0) is 18.4 Å². The molecular weight excluding hydrogens is 370 g/mol. The number of hydrogen-bond acceptors (Lipinski definition) is 7. The monoisotopic (exact) mass is 394 g/mol. The Balaban J connectivity index is 1.41. The number of aromatic nitrogens is 2. The van der Waals surface area contributed by atoms with E-state index in [4.69, 9.17) is 10.5 Å². The largest absolute Gasteiger partial charge is 0.383 e. The fourth-order valence-corrected chi connectivity index (χ4v) is 5.58. The summed E-state index contributed by atoms with van der Waals surface area (Å²) >= 11 is 3.04. The Hall–Kier alpha value is -1.42. The van der Waals surface area contributed by atoms with Crippen molar-refractivity contribution in [1.82, 2.24) is 15.3 Å². The van der Waals surface area contributed by atoms with Crippen molar-refractivity contribution in [3.8, 4) is 0 Å². The summed E-state index contributed by atoms with van der Waals surface area (Å²) in [4.78, 5) is 24.9. The number of nitrogens with two attached hydrogens (primary N) is 1. The minimum absolute atomic E-state index is 0.0246. The zero-order valence-electron chi connectivity index (χ0n) is 14.8. The molecule has 4 rings (SSSR count). The molecule has 2 aliphatic rings. The molecule has 2 aromatic heterocycles. The van der Waals surface area contributed by atoms with Crippen molar-refractivity contribution in [1.29, 1.82) is 0 Å². The van der Waals surface area contributed by atoms with Gasteiger partial charge in [-0.1, -0.05) is 11.8 Å². The highest BCUT2D eigenvalue weighted by atomic mass is 32.2. The van der Waals surface area contributed by atoms with E-state index in [0.717, 1.165) is 49.2 Å². The number of nitrogen functional groups attached to an aromatic ring is 1. The topological polar surface area (TPSA) is 94.6 Å². The van der Waals surface area contributed by atoms with Crippen LogP contribution in [-0.4, -0.2) is 54.5 Å². The second-order valence-electron chi connectivity index (χ2n) is 6.94. The van der Waals surface area contributed by atoms with Gasteiger partial charge in [-0.15, -0.1) is 11.3 Å². The van der Waals surface area contributed by atoms with Gasteiger partial charge in [-0.25, -0.2) is 9.97 Å². The summed E-state index contributed by atoms with van der Waals surface area (Å²) in [6.45, 7) is 3.50. The number of quaternary nitrogens is 1. The summed E-state index contributed by atoms with van der Waals surface area (Å²) in [6, 6.07) is 0. The van der Waals surface area contributed by atoms with E-state index >= 15 is 0 Å². The van der Waals surface area contributed by atoms with Crippen molar-refractivity contribution < 1.29 is 14.4 Å². The standard InChI is InChI=1S/C17H23N5O2S2/c1-22-5-4-11-12(8-22)26-16-14(11)15(18)20-17(21-16)25-9-13(23)19-7-10-3-2-6-24-10/h10H,2-9H2,1H3,(H,19,23)(H2,18,20,21)/p+1/t10-/m1/s1. The Morgan fingerprint density at radius 1 is 1.50 bits per heavy atom. The van der Waals surface area contributed by atoms with E-state index in [0.29, 0.717) is 17.5 Å². The van der Waals surface area contributed by atoms with Crippen molar-refractivity contribution in [2.45, 2.75) is 37.1 Å². The maximum atomic E-state index is 12.0. The molecule has 2 aromatic rings. The molecule has 2 aliphatic heterocycles. The molecule has 0 saturated carbocycles. The van der Waals surface area contributed by atoms with Gasteiger partial charge in [0.15, 0.2) is 5.16 Å². The van der Waals surface area contributed by atoms with E-state index in [2.05, 4.69) is 22.3 Å². The molecule has 9 heteroatoms. The van der Waals surface area contributed by atoms with Gasteiger partial charge in [0, 0.05) is 19.6 Å². The van der Waals surface area contributed by atoms with E-state index in [1.165, 1.54) is 27.1 Å². The van der Waals surface area contributed by atoms with Crippen molar-refractivity contribution in [2.24, 2.45) is 0 Å². The van der Waals surface area contributed by atoms with Gasteiger partial charge in [0.25, 0.3) is 0 Å². The Labute approximate surface area is 160 Å². The molecule has 0 aliphatic carbocycles. The van der Waals surface area contributed by atoms with Gasteiger partial charge in [0.1, 0.15) is 17.2 Å². The van der Waals surface area contributed by atoms with Crippen LogP contribution in [0.3, 0.4) is 0 Å². The molecule has 1 fully saturated rings. The average Bonchev–Trinajstić information content (AvgIpc) is 3.24. The number of thiophene rings is 1. The van der Waals surface area contributed by atoms with Gasteiger partial charge in [0.2, 0.25) is 5.91 Å². The first-order valence-electron chi connectivity index (χ1n) is 9.00. The minimum atomic E-state index is -0.0246. The molecule has 0 bridgehead atoms. The SMILES string of the molecule is C[NH+]1CCc2c(sc3nc(SCC(=O)NC[C@H]4CCCO4)nc(N)c23)C1. The summed E-state index contributed by atoms with van der Waals surface area (Å²) < 4.78 is 5.51. The van der Waals surface area contributed by atoms with Crippen molar-refractivity contribution >= 4 is 45.0 Å². The first-order valence-corrected chi connectivity index (χ1v) is 10.8. The number of nitrogens with one attached hydrogen (secondary N) is 2. The average molecular weight is 395 g/mol. The lowest BCUT2D eigenvalue weighted by Crippen LogP contribution is -3.08. The zero-order valence-corrected chi connectivity index (χ0v) is 16.5. The third-order valence-electron chi connectivity index (χ3n) is 4.89. The van der Waals surface area contributed by atoms with Crippen LogP contribution in [0.4, 0.5) is 5.82 Å². The van der Waals surface area contributed by atoms with E-state index in [1.807, 2.05) is 0 Å². The molecule has 26 heavy (non-hydrogen) atoms. The van der Waals surface area contributed by atoms with Crippen molar-refractivity contribution in [2.75, 3.05) is 38.2 Å². The molecule has 4 N–H and O–H groups in total. The van der Waals surface area contributed by atoms with Crippen molar-refractivity contribution in [3.63, 3.8) is 0 Å². The molecule has 0 aromatic carbocycles. The molecule has 1 saturated heterocycles. The number of anilines is 1. The fraction of sp³-hybridized carbons (Fsp3) is 0.588. The van der Waals surface area contributed by atoms with Gasteiger partial charge in [0.05, 0.1) is 35.7 Å². The van der Waals surface area contributed by atoms with E-state index in [-0.39, 0.29) is 17.8 Å². The van der Waals surface area contributed by atoms with Crippen LogP contribution in [-0.2, 0) is 22.5 Å². The molecule has 4 heterocycles. The minimum Gasteiger partial charge on any atom is -0.383 e. The maximum absolute atomic E-state index is 12.0. The lowest BCUT2D eigenvalue weighted by molar-refractivity contribution is -0.895. The number of carbonyl (C=O) groups is 1. The van der Waals surface area contributed by atoms with Crippen LogP contribution >= 0.6 is 23.1 Å². The number of fused-ring (bicyclic) bond motifs is 3. The maximum Gasteiger partial charge on any atom is 0.230 e. The number of nitrogens with zero attached hydrogens (tertiary/aromatic N) is 2. The summed E-state index contributed by atoms with van der Waals surface area (Å²) in [5.74, 6) is 0.799. The highest BCUT2D eigenvalue weighted by Gasteiger charge is 2.24. The number of carbonyl (C=O) groups excluding carboxylic acids is 1. The molecule has 1 unspecified atom stereocenters. The predicted molar refractivity (Wildman–Crippen MR) is 104 cm³/mol. The Morgan fingerprint density at radius 3 is 3.19 bits per heavy atom. The van der Waals surface area contributed by atoms with Gasteiger partial charge >= 0.3 is 0 Å². The summed E-state index contributed by atoms with van der Waals surface area (Å²) in [6.07, 6.45) is 3.27. The second-order valence-corrected chi connectivity index (χ2v) is 8.96.